The fourth-order valence-electron chi connectivity index (χ4n) is 3.19. The van der Waals surface area contributed by atoms with Crippen molar-refractivity contribution in [3.05, 3.63) is 71.6 Å². The quantitative estimate of drug-likeness (QED) is 0.534. The highest BCUT2D eigenvalue weighted by Crippen LogP contribution is 2.22. The van der Waals surface area contributed by atoms with Crippen LogP contribution in [0.4, 0.5) is 0 Å². The van der Waals surface area contributed by atoms with Crippen molar-refractivity contribution >= 4 is 5.78 Å². The predicted molar refractivity (Wildman–Crippen MR) is 107 cm³/mol. The monoisotopic (exact) mass is 393 g/mol. The molecule has 1 saturated heterocycles. The van der Waals surface area contributed by atoms with Gasteiger partial charge in [-0.05, 0) is 43.2 Å². The second kappa shape index (κ2) is 9.03. The maximum atomic E-state index is 12.5. The Hall–Kier alpha value is -2.96. The van der Waals surface area contributed by atoms with E-state index in [2.05, 4.69) is 4.98 Å². The van der Waals surface area contributed by atoms with Crippen LogP contribution in [0.3, 0.4) is 0 Å². The molecule has 1 fully saturated rings. The summed E-state index contributed by atoms with van der Waals surface area (Å²) >= 11 is 0. The number of carbonyl (C=O) groups excluding carboxylic acids is 1. The lowest BCUT2D eigenvalue weighted by molar-refractivity contribution is -0.0462. The van der Waals surface area contributed by atoms with Crippen molar-refractivity contribution in [2.75, 3.05) is 19.8 Å². The average Bonchev–Trinajstić information content (AvgIpc) is 3.41. The standard InChI is InChI=1S/C23H23NO5/c1-16-22(24-23(29-16)18-5-3-2-4-6-18)20(25)15-28-19-10-7-17(8-11-19)9-12-21-26-13-14-27-21/h2-8,10-11,21H,9,12-15H2,1H3. The zero-order valence-electron chi connectivity index (χ0n) is 16.3. The first-order valence-corrected chi connectivity index (χ1v) is 9.70. The first-order valence-electron chi connectivity index (χ1n) is 9.70. The Bertz CT molecular complexity index is 943. The van der Waals surface area contributed by atoms with E-state index in [9.17, 15) is 4.79 Å². The Morgan fingerprint density at radius 2 is 1.79 bits per heavy atom. The number of carbonyl (C=O) groups is 1. The molecule has 1 aliphatic heterocycles. The van der Waals surface area contributed by atoms with Gasteiger partial charge in [-0.2, -0.15) is 0 Å². The van der Waals surface area contributed by atoms with Gasteiger partial charge < -0.3 is 18.6 Å². The van der Waals surface area contributed by atoms with Crippen LogP contribution in [-0.2, 0) is 15.9 Å². The molecule has 0 amide bonds. The lowest BCUT2D eigenvalue weighted by atomic mass is 10.1. The first kappa shape index (κ1) is 19.4. The van der Waals surface area contributed by atoms with E-state index < -0.39 is 0 Å². The van der Waals surface area contributed by atoms with Crippen LogP contribution in [0, 0.1) is 6.92 Å². The van der Waals surface area contributed by atoms with Crippen molar-refractivity contribution in [1.29, 1.82) is 0 Å². The van der Waals surface area contributed by atoms with Gasteiger partial charge in [0, 0.05) is 12.0 Å². The average molecular weight is 393 g/mol. The molecule has 0 atom stereocenters. The van der Waals surface area contributed by atoms with Crippen molar-refractivity contribution in [3.63, 3.8) is 0 Å². The predicted octanol–water partition coefficient (Wildman–Crippen LogP) is 4.22. The number of Topliss-reactive ketones (excluding diaryl/α,β-unsaturated/α-hetero) is 1. The lowest BCUT2D eigenvalue weighted by Crippen LogP contribution is -2.13. The van der Waals surface area contributed by atoms with Gasteiger partial charge in [-0.25, -0.2) is 4.98 Å². The van der Waals surface area contributed by atoms with E-state index in [1.54, 1.807) is 6.92 Å². The van der Waals surface area contributed by atoms with Crippen molar-refractivity contribution in [3.8, 4) is 17.2 Å². The zero-order valence-corrected chi connectivity index (χ0v) is 16.3. The second-order valence-corrected chi connectivity index (χ2v) is 6.86. The fraction of sp³-hybridized carbons (Fsp3) is 0.304. The Morgan fingerprint density at radius 3 is 2.52 bits per heavy atom. The molecule has 0 saturated carbocycles. The number of ketones is 1. The summed E-state index contributed by atoms with van der Waals surface area (Å²) in [7, 11) is 0. The largest absolute Gasteiger partial charge is 0.485 e. The van der Waals surface area contributed by atoms with Crippen LogP contribution in [0.2, 0.25) is 0 Å². The summed E-state index contributed by atoms with van der Waals surface area (Å²) in [6, 6.07) is 17.2. The molecule has 0 bridgehead atoms. The Morgan fingerprint density at radius 1 is 1.07 bits per heavy atom. The molecule has 0 unspecified atom stereocenters. The maximum Gasteiger partial charge on any atom is 0.226 e. The molecular formula is C23H23NO5. The number of nitrogens with zero attached hydrogens (tertiary/aromatic N) is 1. The third-order valence-electron chi connectivity index (χ3n) is 4.73. The summed E-state index contributed by atoms with van der Waals surface area (Å²) in [6.45, 7) is 2.98. The Kier molecular flexibility index (Phi) is 6.03. The summed E-state index contributed by atoms with van der Waals surface area (Å²) in [5, 5.41) is 0. The summed E-state index contributed by atoms with van der Waals surface area (Å²) in [5.41, 5.74) is 2.30. The van der Waals surface area contributed by atoms with Crippen molar-refractivity contribution < 1.29 is 23.4 Å². The number of aromatic nitrogens is 1. The van der Waals surface area contributed by atoms with E-state index in [0.29, 0.717) is 36.3 Å². The van der Waals surface area contributed by atoms with Gasteiger partial charge in [0.15, 0.2) is 18.6 Å². The minimum absolute atomic E-state index is 0.0926. The van der Waals surface area contributed by atoms with E-state index in [-0.39, 0.29) is 18.7 Å². The third kappa shape index (κ3) is 4.91. The fourth-order valence-corrected chi connectivity index (χ4v) is 3.19. The number of benzene rings is 2. The third-order valence-corrected chi connectivity index (χ3v) is 4.73. The van der Waals surface area contributed by atoms with E-state index in [0.717, 1.165) is 18.4 Å². The molecule has 2 heterocycles. The number of aryl methyl sites for hydroxylation is 2. The highest BCUT2D eigenvalue weighted by atomic mass is 16.7. The number of oxazole rings is 1. The Labute approximate surface area is 169 Å². The van der Waals surface area contributed by atoms with Crippen molar-refractivity contribution in [1.82, 2.24) is 4.98 Å². The molecule has 0 radical (unpaired) electrons. The number of hydrogen-bond donors (Lipinski definition) is 0. The van der Waals surface area contributed by atoms with E-state index >= 15 is 0 Å². The highest BCUT2D eigenvalue weighted by molar-refractivity contribution is 5.96. The van der Waals surface area contributed by atoms with Crippen molar-refractivity contribution in [2.24, 2.45) is 0 Å². The van der Waals surface area contributed by atoms with Gasteiger partial charge in [0.05, 0.1) is 13.2 Å². The van der Waals surface area contributed by atoms with Crippen LogP contribution in [-0.4, -0.2) is 36.9 Å². The summed E-state index contributed by atoms with van der Waals surface area (Å²) < 4.78 is 22.2. The molecule has 0 spiro atoms. The molecule has 2 aromatic carbocycles. The SMILES string of the molecule is Cc1oc(-c2ccccc2)nc1C(=O)COc1ccc(CCC2OCCO2)cc1. The van der Waals surface area contributed by atoms with E-state index in [1.165, 1.54) is 5.56 Å². The van der Waals surface area contributed by atoms with Gasteiger partial charge in [-0.15, -0.1) is 0 Å². The molecule has 0 N–H and O–H groups in total. The van der Waals surface area contributed by atoms with Crippen LogP contribution >= 0.6 is 0 Å². The molecule has 4 rings (SSSR count). The maximum absolute atomic E-state index is 12.5. The van der Waals surface area contributed by atoms with Gasteiger partial charge in [0.25, 0.3) is 0 Å². The number of ether oxygens (including phenoxy) is 3. The second-order valence-electron chi connectivity index (χ2n) is 6.86. The van der Waals surface area contributed by atoms with Crippen LogP contribution in [0.1, 0.15) is 28.2 Å². The van der Waals surface area contributed by atoms with Gasteiger partial charge in [-0.1, -0.05) is 30.3 Å². The molecule has 150 valence electrons. The minimum atomic E-state index is -0.215. The molecule has 1 aliphatic rings. The molecule has 3 aromatic rings. The summed E-state index contributed by atoms with van der Waals surface area (Å²) in [6.07, 6.45) is 1.59. The molecule has 29 heavy (non-hydrogen) atoms. The Balaban J connectivity index is 1.32. The van der Waals surface area contributed by atoms with Crippen LogP contribution in [0.25, 0.3) is 11.5 Å². The molecule has 1 aromatic heterocycles. The van der Waals surface area contributed by atoms with Gasteiger partial charge in [0.1, 0.15) is 11.5 Å². The van der Waals surface area contributed by atoms with Crippen LogP contribution < -0.4 is 4.74 Å². The smallest absolute Gasteiger partial charge is 0.226 e. The van der Waals surface area contributed by atoms with Crippen LogP contribution in [0.15, 0.2) is 59.0 Å². The van der Waals surface area contributed by atoms with Gasteiger partial charge in [-0.3, -0.25) is 4.79 Å². The van der Waals surface area contributed by atoms with Crippen molar-refractivity contribution in [2.45, 2.75) is 26.1 Å². The summed E-state index contributed by atoms with van der Waals surface area (Å²) in [4.78, 5) is 16.9. The molecule has 6 heteroatoms. The lowest BCUT2D eigenvalue weighted by Gasteiger charge is -2.09. The minimum Gasteiger partial charge on any atom is -0.485 e. The summed E-state index contributed by atoms with van der Waals surface area (Å²) in [5.74, 6) is 1.35. The first-order chi connectivity index (χ1) is 14.2. The molecular weight excluding hydrogens is 370 g/mol. The topological polar surface area (TPSA) is 70.8 Å². The van der Waals surface area contributed by atoms with Gasteiger partial charge in [0.2, 0.25) is 11.7 Å². The molecule has 0 aliphatic carbocycles. The normalized spacial score (nSPS) is 14.2. The number of hydrogen-bond acceptors (Lipinski definition) is 6. The van der Waals surface area contributed by atoms with Gasteiger partial charge >= 0.3 is 0 Å². The van der Waals surface area contributed by atoms with E-state index in [4.69, 9.17) is 18.6 Å². The molecule has 6 nitrogen and oxygen atoms in total. The highest BCUT2D eigenvalue weighted by Gasteiger charge is 2.19. The number of rotatable bonds is 8. The zero-order chi connectivity index (χ0) is 20.1. The van der Waals surface area contributed by atoms with E-state index in [1.807, 2.05) is 54.6 Å². The van der Waals surface area contributed by atoms with Crippen LogP contribution in [0.5, 0.6) is 5.75 Å².